The molecule has 0 spiro atoms. The first kappa shape index (κ1) is 16.4. The standard InChI is InChI=1S/C14H19N5O6/c1-5-2-7(21)19-12(24)8-11(17-14(19)16-5)18(4-15-8)13-10(23)9(22)6(3-20)25-13/h4-7,9-10,13,20-23H,2-3H2,1H3,(H,16,17)/t5-,6-,7-,9-,10-,13-/m1/s1. The van der Waals surface area contributed by atoms with Crippen LogP contribution in [0.5, 0.6) is 0 Å². The van der Waals surface area contributed by atoms with E-state index in [1.165, 1.54) is 10.9 Å². The normalized spacial score (nSPS) is 34.9. The molecule has 2 aromatic heterocycles. The number of hydrogen-bond donors (Lipinski definition) is 5. The summed E-state index contributed by atoms with van der Waals surface area (Å²) in [6, 6.07) is -0.0790. The van der Waals surface area contributed by atoms with Crippen LogP contribution in [0.2, 0.25) is 0 Å². The maximum atomic E-state index is 12.6. The van der Waals surface area contributed by atoms with Crippen LogP contribution in [-0.4, -0.2) is 70.5 Å². The Morgan fingerprint density at radius 3 is 2.80 bits per heavy atom. The van der Waals surface area contributed by atoms with E-state index in [4.69, 9.17) is 4.74 Å². The molecule has 6 atom stereocenters. The molecule has 4 heterocycles. The summed E-state index contributed by atoms with van der Waals surface area (Å²) in [7, 11) is 0. The number of nitrogens with zero attached hydrogens (tertiary/aromatic N) is 4. The lowest BCUT2D eigenvalue weighted by atomic mass is 10.1. The highest BCUT2D eigenvalue weighted by Crippen LogP contribution is 2.31. The van der Waals surface area contributed by atoms with Crippen molar-refractivity contribution in [3.63, 3.8) is 0 Å². The van der Waals surface area contributed by atoms with Crippen LogP contribution in [0.4, 0.5) is 5.95 Å². The molecule has 2 aliphatic heterocycles. The van der Waals surface area contributed by atoms with Gasteiger partial charge in [-0.2, -0.15) is 4.98 Å². The van der Waals surface area contributed by atoms with Crippen LogP contribution in [0, 0.1) is 0 Å². The van der Waals surface area contributed by atoms with Crippen molar-refractivity contribution in [3.8, 4) is 0 Å². The van der Waals surface area contributed by atoms with E-state index < -0.39 is 42.9 Å². The second kappa shape index (κ2) is 5.75. The molecule has 11 nitrogen and oxygen atoms in total. The molecule has 0 amide bonds. The average molecular weight is 353 g/mol. The summed E-state index contributed by atoms with van der Waals surface area (Å²) in [5.41, 5.74) is -0.353. The second-order valence-corrected chi connectivity index (χ2v) is 6.43. The summed E-state index contributed by atoms with van der Waals surface area (Å²) in [6.45, 7) is 1.39. The van der Waals surface area contributed by atoms with Gasteiger partial charge in [0.1, 0.15) is 24.5 Å². The smallest absolute Gasteiger partial charge is 0.285 e. The number of aliphatic hydroxyl groups is 4. The molecule has 2 aromatic rings. The zero-order chi connectivity index (χ0) is 17.9. The number of imidazole rings is 1. The van der Waals surface area contributed by atoms with Crippen molar-refractivity contribution in [1.82, 2.24) is 19.1 Å². The number of anilines is 1. The molecule has 25 heavy (non-hydrogen) atoms. The van der Waals surface area contributed by atoms with Gasteiger partial charge >= 0.3 is 0 Å². The SMILES string of the molecule is C[C@@H]1C[C@@H](O)n2c(nc3c(ncn3[C@@H]3O[C@H](CO)[C@@H](O)[C@H]3O)c2=O)N1. The second-order valence-electron chi connectivity index (χ2n) is 6.43. The number of aliphatic hydroxyl groups excluding tert-OH is 4. The van der Waals surface area contributed by atoms with Crippen molar-refractivity contribution in [2.45, 2.75) is 50.2 Å². The van der Waals surface area contributed by atoms with Gasteiger partial charge in [0.25, 0.3) is 5.56 Å². The zero-order valence-corrected chi connectivity index (χ0v) is 13.3. The summed E-state index contributed by atoms with van der Waals surface area (Å²) < 4.78 is 7.95. The Morgan fingerprint density at radius 1 is 1.36 bits per heavy atom. The minimum atomic E-state index is -1.31. The van der Waals surface area contributed by atoms with Crippen LogP contribution in [0.25, 0.3) is 11.2 Å². The fourth-order valence-electron chi connectivity index (χ4n) is 3.36. The minimum absolute atomic E-state index is 0.0110. The predicted molar refractivity (Wildman–Crippen MR) is 83.8 cm³/mol. The maximum Gasteiger partial charge on any atom is 0.285 e. The van der Waals surface area contributed by atoms with Gasteiger partial charge in [0, 0.05) is 12.5 Å². The van der Waals surface area contributed by atoms with Gasteiger partial charge in [0.15, 0.2) is 17.4 Å². The lowest BCUT2D eigenvalue weighted by molar-refractivity contribution is -0.0511. The molecule has 0 saturated carbocycles. The van der Waals surface area contributed by atoms with Crippen molar-refractivity contribution < 1.29 is 25.2 Å². The third-order valence-corrected chi connectivity index (χ3v) is 4.66. The molecule has 4 rings (SSSR count). The molecule has 136 valence electrons. The van der Waals surface area contributed by atoms with E-state index in [9.17, 15) is 25.2 Å². The molecule has 0 radical (unpaired) electrons. The molecular weight excluding hydrogens is 334 g/mol. The highest BCUT2D eigenvalue weighted by atomic mass is 16.6. The first-order valence-electron chi connectivity index (χ1n) is 7.98. The molecule has 1 fully saturated rings. The van der Waals surface area contributed by atoms with Gasteiger partial charge in [-0.3, -0.25) is 9.36 Å². The van der Waals surface area contributed by atoms with Crippen LogP contribution in [0.3, 0.4) is 0 Å². The number of hydrogen-bond acceptors (Lipinski definition) is 9. The van der Waals surface area contributed by atoms with Gasteiger partial charge in [-0.15, -0.1) is 0 Å². The summed E-state index contributed by atoms with van der Waals surface area (Å²) in [6.07, 6.45) is -3.95. The Labute approximate surface area is 141 Å². The zero-order valence-electron chi connectivity index (χ0n) is 13.3. The predicted octanol–water partition coefficient (Wildman–Crippen LogP) is -2.10. The molecule has 0 unspecified atom stereocenters. The third kappa shape index (κ3) is 2.35. The fourth-order valence-corrected chi connectivity index (χ4v) is 3.36. The van der Waals surface area contributed by atoms with Crippen molar-refractivity contribution in [1.29, 1.82) is 0 Å². The van der Waals surface area contributed by atoms with Gasteiger partial charge in [-0.05, 0) is 6.92 Å². The molecule has 0 aliphatic carbocycles. The molecule has 11 heteroatoms. The van der Waals surface area contributed by atoms with E-state index in [0.717, 1.165) is 4.57 Å². The van der Waals surface area contributed by atoms with Crippen molar-refractivity contribution in [3.05, 3.63) is 16.7 Å². The monoisotopic (exact) mass is 353 g/mol. The topological polar surface area (TPSA) is 155 Å². The van der Waals surface area contributed by atoms with E-state index >= 15 is 0 Å². The maximum absolute atomic E-state index is 12.6. The van der Waals surface area contributed by atoms with E-state index in [1.54, 1.807) is 0 Å². The Hall–Kier alpha value is -2.05. The highest BCUT2D eigenvalue weighted by Gasteiger charge is 2.44. The Balaban J connectivity index is 1.84. The molecule has 0 aromatic carbocycles. The molecule has 2 aliphatic rings. The van der Waals surface area contributed by atoms with Gasteiger partial charge in [-0.25, -0.2) is 9.55 Å². The first-order chi connectivity index (χ1) is 11.9. The van der Waals surface area contributed by atoms with Crippen LogP contribution in [0.15, 0.2) is 11.1 Å². The lowest BCUT2D eigenvalue weighted by Crippen LogP contribution is -2.38. The molecular formula is C14H19N5O6. The summed E-state index contributed by atoms with van der Waals surface area (Å²) in [5.74, 6) is 0.192. The molecule has 5 N–H and O–H groups in total. The Bertz CT molecular complexity index is 865. The van der Waals surface area contributed by atoms with Crippen molar-refractivity contribution >= 4 is 17.1 Å². The van der Waals surface area contributed by atoms with Crippen molar-refractivity contribution in [2.24, 2.45) is 0 Å². The lowest BCUT2D eigenvalue weighted by Gasteiger charge is -2.28. The average Bonchev–Trinajstić information content (AvgIpc) is 3.09. The van der Waals surface area contributed by atoms with Gasteiger partial charge < -0.3 is 30.5 Å². The number of rotatable bonds is 2. The summed E-state index contributed by atoms with van der Waals surface area (Å²) in [5, 5.41) is 42.5. The van der Waals surface area contributed by atoms with Gasteiger partial charge in [0.2, 0.25) is 5.95 Å². The van der Waals surface area contributed by atoms with E-state index in [2.05, 4.69) is 15.3 Å². The van der Waals surface area contributed by atoms with Crippen molar-refractivity contribution in [2.75, 3.05) is 11.9 Å². The van der Waals surface area contributed by atoms with Crippen LogP contribution < -0.4 is 10.9 Å². The number of ether oxygens (including phenoxy) is 1. The van der Waals surface area contributed by atoms with Gasteiger partial charge in [-0.1, -0.05) is 0 Å². The minimum Gasteiger partial charge on any atom is -0.394 e. The first-order valence-corrected chi connectivity index (χ1v) is 7.98. The van der Waals surface area contributed by atoms with E-state index in [0.29, 0.717) is 6.42 Å². The Morgan fingerprint density at radius 2 is 2.12 bits per heavy atom. The summed E-state index contributed by atoms with van der Waals surface area (Å²) in [4.78, 5) is 21.0. The molecule has 1 saturated heterocycles. The van der Waals surface area contributed by atoms with Crippen LogP contribution in [-0.2, 0) is 4.74 Å². The quantitative estimate of drug-likeness (QED) is 0.408. The fraction of sp³-hybridized carbons (Fsp3) is 0.643. The number of aromatic nitrogens is 4. The molecule has 0 bridgehead atoms. The highest BCUT2D eigenvalue weighted by molar-refractivity contribution is 5.71. The van der Waals surface area contributed by atoms with Crippen LogP contribution >= 0.6 is 0 Å². The van der Waals surface area contributed by atoms with Crippen LogP contribution in [0.1, 0.15) is 25.8 Å². The van der Waals surface area contributed by atoms with E-state index in [1.807, 2.05) is 6.92 Å². The number of nitrogens with one attached hydrogen (secondary N) is 1. The number of fused-ring (bicyclic) bond motifs is 2. The summed E-state index contributed by atoms with van der Waals surface area (Å²) >= 11 is 0. The third-order valence-electron chi connectivity index (χ3n) is 4.66. The largest absolute Gasteiger partial charge is 0.394 e. The van der Waals surface area contributed by atoms with Gasteiger partial charge in [0.05, 0.1) is 12.9 Å². The van der Waals surface area contributed by atoms with E-state index in [-0.39, 0.29) is 23.2 Å². The Kier molecular flexibility index (Phi) is 3.77.